The highest BCUT2D eigenvalue weighted by Crippen LogP contribution is 2.28. The molecule has 0 aliphatic rings. The van der Waals surface area contributed by atoms with Crippen LogP contribution in [0.1, 0.15) is 19.8 Å². The van der Waals surface area contributed by atoms with Gasteiger partial charge in [-0.05, 0) is 42.8 Å². The Hall–Kier alpha value is -1.89. The van der Waals surface area contributed by atoms with E-state index in [1.54, 1.807) is 24.2 Å². The van der Waals surface area contributed by atoms with Gasteiger partial charge < -0.3 is 4.74 Å². The van der Waals surface area contributed by atoms with Crippen molar-refractivity contribution in [2.45, 2.75) is 24.9 Å². The molecule has 0 spiro atoms. The number of benzene rings is 1. The van der Waals surface area contributed by atoms with Gasteiger partial charge in [-0.15, -0.1) is 10.2 Å². The summed E-state index contributed by atoms with van der Waals surface area (Å²) >= 11 is 7.68. The molecule has 3 rings (SSSR count). The molecule has 0 atom stereocenters. The minimum atomic E-state index is 0.697. The summed E-state index contributed by atoms with van der Waals surface area (Å²) in [5, 5.41) is 10.3. The van der Waals surface area contributed by atoms with Crippen molar-refractivity contribution in [2.24, 2.45) is 0 Å². The topological polar surface area (TPSA) is 52.8 Å². The van der Waals surface area contributed by atoms with Gasteiger partial charge in [-0.25, -0.2) is 0 Å². The molecule has 1 aromatic carbocycles. The van der Waals surface area contributed by atoms with Crippen LogP contribution in [-0.2, 0) is 4.74 Å². The summed E-state index contributed by atoms with van der Waals surface area (Å²) in [4.78, 5) is 4.08. The zero-order chi connectivity index (χ0) is 18.2. The summed E-state index contributed by atoms with van der Waals surface area (Å²) < 4.78 is 7.69. The molecule has 26 heavy (non-hydrogen) atoms. The molecule has 0 amide bonds. The van der Waals surface area contributed by atoms with Crippen LogP contribution < -0.4 is 0 Å². The molecule has 0 saturated carbocycles. The van der Waals surface area contributed by atoms with Gasteiger partial charge in [0, 0.05) is 41.0 Å². The van der Waals surface area contributed by atoms with Crippen molar-refractivity contribution in [3.63, 3.8) is 0 Å². The predicted molar refractivity (Wildman–Crippen MR) is 106 cm³/mol. The summed E-state index contributed by atoms with van der Waals surface area (Å²) in [6.45, 7) is 3.67. The second-order valence-electron chi connectivity index (χ2n) is 5.67. The molecular weight excluding hydrogens is 368 g/mol. The number of nitrogens with zero attached hydrogens (tertiary/aromatic N) is 4. The van der Waals surface area contributed by atoms with Gasteiger partial charge in [-0.1, -0.05) is 36.7 Å². The van der Waals surface area contributed by atoms with Crippen molar-refractivity contribution < 1.29 is 4.74 Å². The second kappa shape index (κ2) is 9.71. The molecule has 2 aromatic heterocycles. The average Bonchev–Trinajstić information content (AvgIpc) is 3.10. The quantitative estimate of drug-likeness (QED) is 0.385. The van der Waals surface area contributed by atoms with E-state index in [-0.39, 0.29) is 0 Å². The summed E-state index contributed by atoms with van der Waals surface area (Å²) in [5.41, 5.74) is 1.94. The maximum absolute atomic E-state index is 6.04. The third kappa shape index (κ3) is 4.84. The Balaban J connectivity index is 1.82. The van der Waals surface area contributed by atoms with Gasteiger partial charge >= 0.3 is 0 Å². The molecule has 7 heteroatoms. The molecule has 0 fully saturated rings. The SMILES string of the molecule is CCCCOCCSc1nnc(-c2ccncc2)n1-c1ccc(Cl)cc1. The van der Waals surface area contributed by atoms with Gasteiger partial charge in [-0.2, -0.15) is 0 Å². The molecule has 3 aromatic rings. The molecule has 0 N–H and O–H groups in total. The van der Waals surface area contributed by atoms with E-state index in [4.69, 9.17) is 16.3 Å². The Kier molecular flexibility index (Phi) is 7.05. The first kappa shape index (κ1) is 18.9. The van der Waals surface area contributed by atoms with Crippen molar-refractivity contribution >= 4 is 23.4 Å². The van der Waals surface area contributed by atoms with Crippen molar-refractivity contribution in [2.75, 3.05) is 19.0 Å². The van der Waals surface area contributed by atoms with Crippen LogP contribution >= 0.6 is 23.4 Å². The van der Waals surface area contributed by atoms with Crippen LogP contribution in [0.2, 0.25) is 5.02 Å². The molecule has 0 unspecified atom stereocenters. The van der Waals surface area contributed by atoms with Crippen LogP contribution in [0.4, 0.5) is 0 Å². The van der Waals surface area contributed by atoms with Crippen LogP contribution in [0, 0.1) is 0 Å². The van der Waals surface area contributed by atoms with E-state index in [0.29, 0.717) is 11.6 Å². The van der Waals surface area contributed by atoms with Crippen LogP contribution in [0.3, 0.4) is 0 Å². The van der Waals surface area contributed by atoms with Gasteiger partial charge in [0.1, 0.15) is 0 Å². The summed E-state index contributed by atoms with van der Waals surface area (Å²) in [5.74, 6) is 1.61. The second-order valence-corrected chi connectivity index (χ2v) is 7.17. The van der Waals surface area contributed by atoms with Gasteiger partial charge in [0.2, 0.25) is 0 Å². The van der Waals surface area contributed by atoms with Gasteiger partial charge in [0.25, 0.3) is 0 Å². The van der Waals surface area contributed by atoms with E-state index < -0.39 is 0 Å². The number of ether oxygens (including phenoxy) is 1. The smallest absolute Gasteiger partial charge is 0.196 e. The van der Waals surface area contributed by atoms with Gasteiger partial charge in [0.05, 0.1) is 6.61 Å². The third-order valence-electron chi connectivity index (χ3n) is 3.76. The molecule has 0 bridgehead atoms. The Morgan fingerprint density at radius 3 is 2.54 bits per heavy atom. The van der Waals surface area contributed by atoms with E-state index in [2.05, 4.69) is 22.1 Å². The van der Waals surface area contributed by atoms with E-state index in [9.17, 15) is 0 Å². The first-order valence-corrected chi connectivity index (χ1v) is 9.98. The van der Waals surface area contributed by atoms with Crippen molar-refractivity contribution in [3.05, 3.63) is 53.8 Å². The highest BCUT2D eigenvalue weighted by atomic mass is 35.5. The zero-order valence-corrected chi connectivity index (χ0v) is 16.2. The number of unbranched alkanes of at least 4 members (excludes halogenated alkanes) is 1. The number of pyridine rings is 1. The normalized spacial score (nSPS) is 11.0. The van der Waals surface area contributed by atoms with E-state index in [1.165, 1.54) is 0 Å². The van der Waals surface area contributed by atoms with Crippen LogP contribution in [0.15, 0.2) is 53.9 Å². The lowest BCUT2D eigenvalue weighted by molar-refractivity contribution is 0.147. The monoisotopic (exact) mass is 388 g/mol. The summed E-state index contributed by atoms with van der Waals surface area (Å²) in [7, 11) is 0. The molecule has 0 aliphatic carbocycles. The maximum Gasteiger partial charge on any atom is 0.196 e. The number of thioether (sulfide) groups is 1. The fourth-order valence-corrected chi connectivity index (χ4v) is 3.34. The lowest BCUT2D eigenvalue weighted by atomic mass is 10.2. The van der Waals surface area contributed by atoms with Crippen LogP contribution in [0.25, 0.3) is 17.1 Å². The zero-order valence-electron chi connectivity index (χ0n) is 14.6. The third-order valence-corrected chi connectivity index (χ3v) is 4.90. The first-order chi connectivity index (χ1) is 12.8. The summed E-state index contributed by atoms with van der Waals surface area (Å²) in [6.07, 6.45) is 5.75. The van der Waals surface area contributed by atoms with Crippen LogP contribution in [0.5, 0.6) is 0 Å². The van der Waals surface area contributed by atoms with E-state index >= 15 is 0 Å². The number of rotatable bonds is 9. The molecule has 136 valence electrons. The molecule has 0 aliphatic heterocycles. The Labute approximate surface area is 162 Å². The molecule has 5 nitrogen and oxygen atoms in total. The maximum atomic E-state index is 6.04. The Bertz CT molecular complexity index is 808. The highest BCUT2D eigenvalue weighted by molar-refractivity contribution is 7.99. The largest absolute Gasteiger partial charge is 0.381 e. The summed E-state index contributed by atoms with van der Waals surface area (Å²) in [6, 6.07) is 11.5. The minimum absolute atomic E-state index is 0.697. The molecular formula is C19H21ClN4OS. The van der Waals surface area contributed by atoms with E-state index in [1.807, 2.05) is 41.0 Å². The Morgan fingerprint density at radius 1 is 1.04 bits per heavy atom. The Morgan fingerprint density at radius 2 is 1.81 bits per heavy atom. The van der Waals surface area contributed by atoms with Crippen molar-refractivity contribution in [1.29, 1.82) is 0 Å². The number of hydrogen-bond acceptors (Lipinski definition) is 5. The van der Waals surface area contributed by atoms with Crippen LogP contribution in [-0.4, -0.2) is 38.7 Å². The lowest BCUT2D eigenvalue weighted by Gasteiger charge is -2.10. The first-order valence-electron chi connectivity index (χ1n) is 8.62. The van der Waals surface area contributed by atoms with Gasteiger partial charge in [0.15, 0.2) is 11.0 Å². The molecule has 0 radical (unpaired) electrons. The minimum Gasteiger partial charge on any atom is -0.381 e. The van der Waals surface area contributed by atoms with E-state index in [0.717, 1.165) is 47.4 Å². The lowest BCUT2D eigenvalue weighted by Crippen LogP contribution is -2.02. The molecule has 0 saturated heterocycles. The predicted octanol–water partition coefficient (Wildman–Crippen LogP) is 4.89. The van der Waals surface area contributed by atoms with Crippen molar-refractivity contribution in [3.8, 4) is 17.1 Å². The fourth-order valence-electron chi connectivity index (χ4n) is 2.41. The number of aromatic nitrogens is 4. The standard InChI is InChI=1S/C19H21ClN4OS/c1-2-3-12-25-13-14-26-19-23-22-18(15-8-10-21-11-9-15)24(19)17-6-4-16(20)5-7-17/h4-11H,2-3,12-14H2,1H3. The van der Waals surface area contributed by atoms with Gasteiger partial charge in [-0.3, -0.25) is 9.55 Å². The average molecular weight is 389 g/mol. The van der Waals surface area contributed by atoms with Crippen molar-refractivity contribution in [1.82, 2.24) is 19.7 Å². The number of halogens is 1. The fraction of sp³-hybridized carbons (Fsp3) is 0.316. The molecule has 2 heterocycles. The highest BCUT2D eigenvalue weighted by Gasteiger charge is 2.16. The number of hydrogen-bond donors (Lipinski definition) is 0.